The van der Waals surface area contributed by atoms with Crippen LogP contribution in [0.2, 0.25) is 0 Å². The number of aromatic amines is 2. The molecule has 2 amide bonds. The molecule has 3 N–H and O–H groups in total. The van der Waals surface area contributed by atoms with Crippen molar-refractivity contribution < 1.29 is 14.3 Å². The van der Waals surface area contributed by atoms with Crippen LogP contribution >= 0.6 is 0 Å². The standard InChI is InChI=1S/C26H24N4O4/c31-24(23-10-5-13-30(23)26(33)34-16-17-6-2-1-3-7-17)27-20-9-4-8-18(14-20)19-11-12-21-22(15-19)29-25(32)28-21/h1-4,6-9,11-12,14-15,23H,5,10,13,16H2,(H,27,31)(H2,28,29,32). The molecule has 1 aromatic heterocycles. The van der Waals surface area contributed by atoms with Gasteiger partial charge >= 0.3 is 11.8 Å². The number of amides is 2. The number of nitrogens with zero attached hydrogens (tertiary/aromatic N) is 1. The summed E-state index contributed by atoms with van der Waals surface area (Å²) < 4.78 is 5.44. The van der Waals surface area contributed by atoms with Crippen molar-refractivity contribution in [1.82, 2.24) is 14.9 Å². The highest BCUT2D eigenvalue weighted by Crippen LogP contribution is 2.26. The van der Waals surface area contributed by atoms with Gasteiger partial charge in [0.1, 0.15) is 12.6 Å². The summed E-state index contributed by atoms with van der Waals surface area (Å²) in [6.45, 7) is 0.657. The molecule has 2 heterocycles. The fourth-order valence-corrected chi connectivity index (χ4v) is 4.27. The summed E-state index contributed by atoms with van der Waals surface area (Å²) in [6, 6.07) is 22.0. The lowest BCUT2D eigenvalue weighted by molar-refractivity contribution is -0.120. The highest BCUT2D eigenvalue weighted by molar-refractivity contribution is 5.97. The summed E-state index contributed by atoms with van der Waals surface area (Å²) in [5, 5.41) is 2.94. The number of ether oxygens (including phenoxy) is 1. The van der Waals surface area contributed by atoms with E-state index in [0.29, 0.717) is 24.2 Å². The molecule has 1 atom stereocenters. The van der Waals surface area contributed by atoms with Crippen LogP contribution in [0.15, 0.2) is 77.6 Å². The second-order valence-electron chi connectivity index (χ2n) is 8.30. The third-order valence-electron chi connectivity index (χ3n) is 5.97. The maximum absolute atomic E-state index is 13.0. The number of rotatable bonds is 5. The van der Waals surface area contributed by atoms with Crippen molar-refractivity contribution >= 4 is 28.7 Å². The van der Waals surface area contributed by atoms with Crippen LogP contribution in [0.1, 0.15) is 18.4 Å². The Balaban J connectivity index is 1.26. The Morgan fingerprint density at radius 2 is 1.74 bits per heavy atom. The Hall–Kier alpha value is -4.33. The van der Waals surface area contributed by atoms with E-state index in [4.69, 9.17) is 4.74 Å². The monoisotopic (exact) mass is 456 g/mol. The second kappa shape index (κ2) is 9.27. The topological polar surface area (TPSA) is 107 Å². The predicted molar refractivity (Wildman–Crippen MR) is 129 cm³/mol. The van der Waals surface area contributed by atoms with E-state index in [1.165, 1.54) is 4.90 Å². The lowest BCUT2D eigenvalue weighted by Gasteiger charge is -2.23. The Kier molecular flexibility index (Phi) is 5.86. The Morgan fingerprint density at radius 1 is 0.941 bits per heavy atom. The quantitative estimate of drug-likeness (QED) is 0.417. The van der Waals surface area contributed by atoms with Crippen molar-refractivity contribution in [3.63, 3.8) is 0 Å². The highest BCUT2D eigenvalue weighted by Gasteiger charge is 2.35. The minimum absolute atomic E-state index is 0.170. The zero-order chi connectivity index (χ0) is 23.5. The summed E-state index contributed by atoms with van der Waals surface area (Å²) >= 11 is 0. The number of carbonyl (C=O) groups is 2. The molecule has 0 radical (unpaired) electrons. The third-order valence-corrected chi connectivity index (χ3v) is 5.97. The van der Waals surface area contributed by atoms with E-state index in [0.717, 1.165) is 28.6 Å². The van der Waals surface area contributed by atoms with Crippen LogP contribution in [-0.4, -0.2) is 39.5 Å². The molecule has 5 rings (SSSR count). The van der Waals surface area contributed by atoms with Gasteiger partial charge in [-0.2, -0.15) is 0 Å². The van der Waals surface area contributed by atoms with Crippen LogP contribution in [0, 0.1) is 0 Å². The lowest BCUT2D eigenvalue weighted by Crippen LogP contribution is -2.43. The first-order valence-corrected chi connectivity index (χ1v) is 11.2. The number of anilines is 1. The highest BCUT2D eigenvalue weighted by atomic mass is 16.6. The Bertz CT molecular complexity index is 1390. The van der Waals surface area contributed by atoms with E-state index >= 15 is 0 Å². The SMILES string of the molecule is O=C(Nc1cccc(-c2ccc3[nH]c(=O)[nH]c3c2)c1)C1CCCN1C(=O)OCc1ccccc1. The van der Waals surface area contributed by atoms with Gasteiger partial charge in [-0.1, -0.05) is 48.5 Å². The summed E-state index contributed by atoms with van der Waals surface area (Å²) in [4.78, 5) is 44.2. The third kappa shape index (κ3) is 4.56. The molecule has 1 fully saturated rings. The molecule has 34 heavy (non-hydrogen) atoms. The first-order valence-electron chi connectivity index (χ1n) is 11.2. The maximum Gasteiger partial charge on any atom is 0.410 e. The molecule has 0 saturated carbocycles. The molecule has 4 aromatic rings. The molecule has 1 aliphatic rings. The first kappa shape index (κ1) is 21.5. The van der Waals surface area contributed by atoms with Crippen molar-refractivity contribution in [2.75, 3.05) is 11.9 Å². The predicted octanol–water partition coefficient (Wildman–Crippen LogP) is 4.26. The van der Waals surface area contributed by atoms with Gasteiger partial charge in [0.05, 0.1) is 11.0 Å². The normalized spacial score (nSPS) is 15.4. The van der Waals surface area contributed by atoms with Gasteiger partial charge in [0.25, 0.3) is 0 Å². The van der Waals surface area contributed by atoms with E-state index in [2.05, 4.69) is 15.3 Å². The zero-order valence-corrected chi connectivity index (χ0v) is 18.4. The van der Waals surface area contributed by atoms with Crippen molar-refractivity contribution in [1.29, 1.82) is 0 Å². The fraction of sp³-hybridized carbons (Fsp3) is 0.192. The van der Waals surface area contributed by atoms with Gasteiger partial charge in [0.15, 0.2) is 0 Å². The Morgan fingerprint density at radius 3 is 2.59 bits per heavy atom. The molecular weight excluding hydrogens is 432 g/mol. The second-order valence-corrected chi connectivity index (χ2v) is 8.30. The average molecular weight is 457 g/mol. The summed E-state index contributed by atoms with van der Waals surface area (Å²) in [6.07, 6.45) is 0.848. The molecule has 8 nitrogen and oxygen atoms in total. The summed E-state index contributed by atoms with van der Waals surface area (Å²) in [7, 11) is 0. The molecule has 0 bridgehead atoms. The molecule has 3 aromatic carbocycles. The number of fused-ring (bicyclic) bond motifs is 1. The smallest absolute Gasteiger partial charge is 0.410 e. The van der Waals surface area contributed by atoms with E-state index in [1.54, 1.807) is 0 Å². The first-order chi connectivity index (χ1) is 16.6. The number of hydrogen-bond acceptors (Lipinski definition) is 4. The average Bonchev–Trinajstić information content (AvgIpc) is 3.49. The van der Waals surface area contributed by atoms with Crippen LogP contribution in [0.5, 0.6) is 0 Å². The van der Waals surface area contributed by atoms with Gasteiger partial charge in [-0.15, -0.1) is 0 Å². The summed E-state index contributed by atoms with van der Waals surface area (Å²) in [5.74, 6) is -0.239. The number of nitrogens with one attached hydrogen (secondary N) is 3. The van der Waals surface area contributed by atoms with Crippen LogP contribution in [0.4, 0.5) is 10.5 Å². The van der Waals surface area contributed by atoms with Crippen LogP contribution in [0.3, 0.4) is 0 Å². The van der Waals surface area contributed by atoms with E-state index in [-0.39, 0.29) is 18.2 Å². The van der Waals surface area contributed by atoms with Crippen LogP contribution in [-0.2, 0) is 16.1 Å². The molecule has 0 aliphatic carbocycles. The van der Waals surface area contributed by atoms with Crippen LogP contribution < -0.4 is 11.0 Å². The van der Waals surface area contributed by atoms with Gasteiger partial charge in [-0.25, -0.2) is 9.59 Å². The number of benzene rings is 3. The van der Waals surface area contributed by atoms with Gasteiger partial charge in [0.2, 0.25) is 5.91 Å². The van der Waals surface area contributed by atoms with Crippen molar-refractivity contribution in [3.8, 4) is 11.1 Å². The number of imidazole rings is 1. The molecular formula is C26H24N4O4. The molecule has 1 aliphatic heterocycles. The van der Waals surface area contributed by atoms with Crippen molar-refractivity contribution in [2.45, 2.75) is 25.5 Å². The van der Waals surface area contributed by atoms with Gasteiger partial charge in [-0.05, 0) is 53.8 Å². The minimum atomic E-state index is -0.576. The summed E-state index contributed by atoms with van der Waals surface area (Å²) in [5.41, 5.74) is 4.53. The zero-order valence-electron chi connectivity index (χ0n) is 18.4. The van der Waals surface area contributed by atoms with Gasteiger partial charge in [-0.3, -0.25) is 9.69 Å². The fourth-order valence-electron chi connectivity index (χ4n) is 4.27. The van der Waals surface area contributed by atoms with Gasteiger partial charge in [0, 0.05) is 12.2 Å². The van der Waals surface area contributed by atoms with Crippen molar-refractivity contribution in [2.24, 2.45) is 0 Å². The number of carbonyl (C=O) groups excluding carboxylic acids is 2. The maximum atomic E-state index is 13.0. The molecule has 8 heteroatoms. The number of hydrogen-bond donors (Lipinski definition) is 3. The molecule has 1 unspecified atom stereocenters. The van der Waals surface area contributed by atoms with Crippen LogP contribution in [0.25, 0.3) is 22.2 Å². The van der Waals surface area contributed by atoms with E-state index in [9.17, 15) is 14.4 Å². The Labute approximate surface area is 195 Å². The lowest BCUT2D eigenvalue weighted by atomic mass is 10.0. The number of aromatic nitrogens is 2. The molecule has 1 saturated heterocycles. The van der Waals surface area contributed by atoms with E-state index in [1.807, 2.05) is 72.8 Å². The minimum Gasteiger partial charge on any atom is -0.445 e. The van der Waals surface area contributed by atoms with E-state index < -0.39 is 12.1 Å². The number of H-pyrrole nitrogens is 2. The largest absolute Gasteiger partial charge is 0.445 e. The van der Waals surface area contributed by atoms with Gasteiger partial charge < -0.3 is 20.0 Å². The molecule has 172 valence electrons. The van der Waals surface area contributed by atoms with Crippen molar-refractivity contribution in [3.05, 3.63) is 88.8 Å². The molecule has 0 spiro atoms. The number of likely N-dealkylation sites (tertiary alicyclic amines) is 1.